The summed E-state index contributed by atoms with van der Waals surface area (Å²) in [7, 11) is -2.27. The van der Waals surface area contributed by atoms with Crippen LogP contribution in [0.5, 0.6) is 5.75 Å². The van der Waals surface area contributed by atoms with E-state index in [9.17, 15) is 18.0 Å². The zero-order valence-corrected chi connectivity index (χ0v) is 19.2. The first-order chi connectivity index (χ1) is 14.1. The van der Waals surface area contributed by atoms with E-state index in [2.05, 4.69) is 0 Å². The molecule has 1 unspecified atom stereocenters. The molecule has 0 aromatic heterocycles. The van der Waals surface area contributed by atoms with Crippen LogP contribution in [-0.2, 0) is 19.6 Å². The summed E-state index contributed by atoms with van der Waals surface area (Å²) in [5.41, 5.74) is 1.84. The highest BCUT2D eigenvalue weighted by molar-refractivity contribution is 7.89. The van der Waals surface area contributed by atoms with E-state index in [1.165, 1.54) is 11.4 Å². The molecule has 1 aromatic rings. The van der Waals surface area contributed by atoms with Crippen molar-refractivity contribution in [1.82, 2.24) is 14.1 Å². The molecule has 2 saturated heterocycles. The summed E-state index contributed by atoms with van der Waals surface area (Å²) in [6, 6.07) is 3.45. The molecule has 0 radical (unpaired) electrons. The Balaban J connectivity index is 1.69. The van der Waals surface area contributed by atoms with E-state index in [1.54, 1.807) is 21.9 Å². The van der Waals surface area contributed by atoms with E-state index in [4.69, 9.17) is 4.74 Å². The molecule has 30 heavy (non-hydrogen) atoms. The highest BCUT2D eigenvalue weighted by Crippen LogP contribution is 2.31. The van der Waals surface area contributed by atoms with Crippen LogP contribution in [0.15, 0.2) is 17.0 Å². The number of piperazine rings is 1. The van der Waals surface area contributed by atoms with Gasteiger partial charge in [-0.2, -0.15) is 4.31 Å². The largest absolute Gasteiger partial charge is 0.495 e. The Bertz CT molecular complexity index is 936. The van der Waals surface area contributed by atoms with Crippen LogP contribution in [0.25, 0.3) is 0 Å². The third kappa shape index (κ3) is 4.18. The number of likely N-dealkylation sites (tertiary alicyclic amines) is 1. The number of sulfonamides is 1. The molecule has 0 spiro atoms. The Morgan fingerprint density at radius 1 is 1.10 bits per heavy atom. The van der Waals surface area contributed by atoms with Gasteiger partial charge in [0.1, 0.15) is 10.6 Å². The fraction of sp³-hybridized carbons (Fsp3) is 0.619. The second-order valence-electron chi connectivity index (χ2n) is 8.36. The number of carbonyl (C=O) groups excluding carboxylic acids is 2. The van der Waals surface area contributed by atoms with Crippen LogP contribution in [0.4, 0.5) is 0 Å². The van der Waals surface area contributed by atoms with Crippen LogP contribution in [0, 0.1) is 19.8 Å². The van der Waals surface area contributed by atoms with Gasteiger partial charge in [-0.3, -0.25) is 9.59 Å². The molecule has 0 aliphatic carbocycles. The lowest BCUT2D eigenvalue weighted by Gasteiger charge is -2.35. The van der Waals surface area contributed by atoms with Crippen LogP contribution < -0.4 is 4.74 Å². The Hall–Kier alpha value is -2.13. The third-order valence-corrected chi connectivity index (χ3v) is 8.00. The van der Waals surface area contributed by atoms with Crippen molar-refractivity contribution in [3.63, 3.8) is 0 Å². The standard InChI is InChI=1S/C21H31N3O5S/c1-14(2)24-13-17(12-20(24)25)21(26)22-6-8-23(9-7-22)30(27,28)19-11-16(4)15(3)10-18(19)29-5/h10-11,14,17H,6-9,12-13H2,1-5H3. The van der Waals surface area contributed by atoms with E-state index in [0.29, 0.717) is 25.4 Å². The molecule has 0 saturated carbocycles. The van der Waals surface area contributed by atoms with Crippen LogP contribution in [-0.4, -0.2) is 80.2 Å². The molecule has 3 rings (SSSR count). The lowest BCUT2D eigenvalue weighted by Crippen LogP contribution is -2.52. The fourth-order valence-corrected chi connectivity index (χ4v) is 5.71. The van der Waals surface area contributed by atoms with Gasteiger partial charge in [0.25, 0.3) is 0 Å². The lowest BCUT2D eigenvalue weighted by molar-refractivity contribution is -0.137. The summed E-state index contributed by atoms with van der Waals surface area (Å²) in [6.07, 6.45) is 0.232. The number of hydrogen-bond acceptors (Lipinski definition) is 5. The number of benzene rings is 1. The maximum atomic E-state index is 13.2. The SMILES string of the molecule is COc1cc(C)c(C)cc1S(=O)(=O)N1CCN(C(=O)C2CC(=O)N(C(C)C)C2)CC1. The van der Waals surface area contributed by atoms with Gasteiger partial charge in [-0.15, -0.1) is 0 Å². The van der Waals surface area contributed by atoms with Gasteiger partial charge in [-0.25, -0.2) is 8.42 Å². The molecular formula is C21H31N3O5S. The molecule has 8 nitrogen and oxygen atoms in total. The zero-order valence-electron chi connectivity index (χ0n) is 18.3. The van der Waals surface area contributed by atoms with E-state index in [1.807, 2.05) is 27.7 Å². The van der Waals surface area contributed by atoms with Gasteiger partial charge in [0.05, 0.1) is 13.0 Å². The molecule has 166 valence electrons. The van der Waals surface area contributed by atoms with E-state index in [-0.39, 0.29) is 48.2 Å². The number of aryl methyl sites for hydroxylation is 2. The maximum absolute atomic E-state index is 13.2. The van der Waals surface area contributed by atoms with Crippen molar-refractivity contribution < 1.29 is 22.7 Å². The molecule has 0 N–H and O–H groups in total. The van der Waals surface area contributed by atoms with Gasteiger partial charge in [0.2, 0.25) is 21.8 Å². The fourth-order valence-electron chi connectivity index (χ4n) is 4.07. The molecular weight excluding hydrogens is 406 g/mol. The highest BCUT2D eigenvalue weighted by Gasteiger charge is 2.39. The zero-order chi connectivity index (χ0) is 22.2. The van der Waals surface area contributed by atoms with Gasteiger partial charge >= 0.3 is 0 Å². The third-order valence-electron chi connectivity index (χ3n) is 6.08. The van der Waals surface area contributed by atoms with Crippen molar-refractivity contribution in [2.24, 2.45) is 5.92 Å². The molecule has 2 amide bonds. The molecule has 2 fully saturated rings. The van der Waals surface area contributed by atoms with Crippen LogP contribution in [0.3, 0.4) is 0 Å². The number of carbonyl (C=O) groups is 2. The first kappa shape index (κ1) is 22.6. The van der Waals surface area contributed by atoms with Crippen molar-refractivity contribution in [2.75, 3.05) is 39.8 Å². The quantitative estimate of drug-likeness (QED) is 0.695. The van der Waals surface area contributed by atoms with Crippen molar-refractivity contribution in [1.29, 1.82) is 0 Å². The Kier molecular flexibility index (Phi) is 6.43. The van der Waals surface area contributed by atoms with Gasteiger partial charge in [0.15, 0.2) is 0 Å². The first-order valence-electron chi connectivity index (χ1n) is 10.3. The minimum Gasteiger partial charge on any atom is -0.495 e. The average molecular weight is 438 g/mol. The topological polar surface area (TPSA) is 87.2 Å². The van der Waals surface area contributed by atoms with Crippen LogP contribution in [0.2, 0.25) is 0 Å². The van der Waals surface area contributed by atoms with E-state index >= 15 is 0 Å². The summed E-state index contributed by atoms with van der Waals surface area (Å²) < 4.78 is 33.2. The molecule has 2 heterocycles. The molecule has 1 aromatic carbocycles. The Morgan fingerprint density at radius 3 is 2.23 bits per heavy atom. The van der Waals surface area contributed by atoms with Gasteiger partial charge in [-0.1, -0.05) is 0 Å². The number of nitrogens with zero attached hydrogens (tertiary/aromatic N) is 3. The normalized spacial score (nSPS) is 20.9. The predicted molar refractivity (Wildman–Crippen MR) is 113 cm³/mol. The van der Waals surface area contributed by atoms with E-state index in [0.717, 1.165) is 11.1 Å². The minimum atomic E-state index is -3.73. The first-order valence-corrected chi connectivity index (χ1v) is 11.7. The average Bonchev–Trinajstić information content (AvgIpc) is 3.11. The van der Waals surface area contributed by atoms with E-state index < -0.39 is 10.0 Å². The summed E-state index contributed by atoms with van der Waals surface area (Å²) in [6.45, 7) is 9.17. The van der Waals surface area contributed by atoms with Crippen LogP contribution in [0.1, 0.15) is 31.4 Å². The number of amides is 2. The number of hydrogen-bond donors (Lipinski definition) is 0. The smallest absolute Gasteiger partial charge is 0.246 e. The molecule has 9 heteroatoms. The van der Waals surface area contributed by atoms with Gasteiger partial charge in [-0.05, 0) is 51.0 Å². The predicted octanol–water partition coefficient (Wildman–Crippen LogP) is 1.40. The summed E-state index contributed by atoms with van der Waals surface area (Å²) in [5.74, 6) is -0.0727. The van der Waals surface area contributed by atoms with Crippen LogP contribution >= 0.6 is 0 Å². The Morgan fingerprint density at radius 2 is 1.70 bits per heavy atom. The summed E-state index contributed by atoms with van der Waals surface area (Å²) >= 11 is 0. The number of methoxy groups -OCH3 is 1. The molecule has 1 atom stereocenters. The van der Waals surface area contributed by atoms with Crippen molar-refractivity contribution in [2.45, 2.75) is 45.1 Å². The molecule has 0 bridgehead atoms. The second kappa shape index (κ2) is 8.55. The number of ether oxygens (including phenoxy) is 1. The Labute approximate surface area is 178 Å². The van der Waals surface area contributed by atoms with Crippen molar-refractivity contribution in [3.05, 3.63) is 23.3 Å². The molecule has 2 aliphatic rings. The molecule has 2 aliphatic heterocycles. The summed E-state index contributed by atoms with van der Waals surface area (Å²) in [5, 5.41) is 0. The van der Waals surface area contributed by atoms with Gasteiger partial charge < -0.3 is 14.5 Å². The summed E-state index contributed by atoms with van der Waals surface area (Å²) in [4.78, 5) is 28.6. The van der Waals surface area contributed by atoms with Crippen molar-refractivity contribution >= 4 is 21.8 Å². The monoisotopic (exact) mass is 437 g/mol. The lowest BCUT2D eigenvalue weighted by atomic mass is 10.1. The minimum absolute atomic E-state index is 0.00593. The highest BCUT2D eigenvalue weighted by atomic mass is 32.2. The van der Waals surface area contributed by atoms with Gasteiger partial charge in [0, 0.05) is 45.2 Å². The van der Waals surface area contributed by atoms with Crippen molar-refractivity contribution in [3.8, 4) is 5.75 Å². The maximum Gasteiger partial charge on any atom is 0.246 e. The number of rotatable bonds is 5. The second-order valence-corrected chi connectivity index (χ2v) is 10.3.